The SMILES string of the molecule is CC(C)(C)[Si](C)(C)OC[C@@H](O)[C@@H]1CC[C@@H](CI)O1. The first-order chi connectivity index (χ1) is 8.17. The van der Waals surface area contributed by atoms with Gasteiger partial charge in [0.05, 0.1) is 18.8 Å². The molecule has 0 aliphatic carbocycles. The fraction of sp³-hybridized carbons (Fsp3) is 1.00. The lowest BCUT2D eigenvalue weighted by Gasteiger charge is -2.37. The first kappa shape index (κ1) is 16.9. The van der Waals surface area contributed by atoms with Crippen molar-refractivity contribution in [2.45, 2.75) is 70.1 Å². The van der Waals surface area contributed by atoms with Crippen LogP contribution in [0.2, 0.25) is 18.1 Å². The zero-order chi connectivity index (χ0) is 14.0. The predicted octanol–water partition coefficient (Wildman–Crippen LogP) is 3.35. The van der Waals surface area contributed by atoms with E-state index in [0.717, 1.165) is 17.3 Å². The second-order valence-corrected chi connectivity index (χ2v) is 12.4. The quantitative estimate of drug-likeness (QED) is 0.448. The monoisotopic (exact) mass is 386 g/mol. The van der Waals surface area contributed by atoms with Crippen molar-refractivity contribution in [3.05, 3.63) is 0 Å². The predicted molar refractivity (Wildman–Crippen MR) is 85.9 cm³/mol. The van der Waals surface area contributed by atoms with Gasteiger partial charge in [-0.3, -0.25) is 0 Å². The fourth-order valence-electron chi connectivity index (χ4n) is 1.75. The van der Waals surface area contributed by atoms with E-state index >= 15 is 0 Å². The molecule has 0 aromatic rings. The van der Waals surface area contributed by atoms with Crippen LogP contribution in [0.5, 0.6) is 0 Å². The molecule has 1 heterocycles. The number of alkyl halides is 1. The fourth-order valence-corrected chi connectivity index (χ4v) is 3.42. The van der Waals surface area contributed by atoms with Gasteiger partial charge in [0, 0.05) is 4.43 Å². The molecule has 0 unspecified atom stereocenters. The van der Waals surface area contributed by atoms with Crippen molar-refractivity contribution in [2.24, 2.45) is 0 Å². The summed E-state index contributed by atoms with van der Waals surface area (Å²) in [6, 6.07) is 0. The zero-order valence-corrected chi connectivity index (χ0v) is 15.4. The van der Waals surface area contributed by atoms with Crippen LogP contribution in [0.25, 0.3) is 0 Å². The van der Waals surface area contributed by atoms with E-state index in [-0.39, 0.29) is 11.1 Å². The maximum Gasteiger partial charge on any atom is 0.192 e. The summed E-state index contributed by atoms with van der Waals surface area (Å²) in [6.07, 6.45) is 1.82. The summed E-state index contributed by atoms with van der Waals surface area (Å²) >= 11 is 2.34. The van der Waals surface area contributed by atoms with Crippen molar-refractivity contribution in [1.29, 1.82) is 0 Å². The third-order valence-electron chi connectivity index (χ3n) is 4.16. The van der Waals surface area contributed by atoms with Crippen LogP contribution in [0, 0.1) is 0 Å². The maximum absolute atomic E-state index is 10.2. The van der Waals surface area contributed by atoms with Crippen LogP contribution in [0.4, 0.5) is 0 Å². The molecule has 0 spiro atoms. The van der Waals surface area contributed by atoms with Crippen molar-refractivity contribution in [2.75, 3.05) is 11.0 Å². The van der Waals surface area contributed by atoms with Crippen molar-refractivity contribution in [3.63, 3.8) is 0 Å². The molecule has 3 nitrogen and oxygen atoms in total. The Morgan fingerprint density at radius 3 is 2.44 bits per heavy atom. The second-order valence-electron chi connectivity index (χ2n) is 6.67. The van der Waals surface area contributed by atoms with Gasteiger partial charge in [-0.2, -0.15) is 0 Å². The van der Waals surface area contributed by atoms with Crippen molar-refractivity contribution >= 4 is 30.9 Å². The average molecular weight is 386 g/mol. The lowest BCUT2D eigenvalue weighted by molar-refractivity contribution is -0.0451. The molecule has 1 fully saturated rings. The maximum atomic E-state index is 10.2. The van der Waals surface area contributed by atoms with Crippen LogP contribution in [0.1, 0.15) is 33.6 Å². The highest BCUT2D eigenvalue weighted by Crippen LogP contribution is 2.36. The van der Waals surface area contributed by atoms with Crippen molar-refractivity contribution < 1.29 is 14.3 Å². The van der Waals surface area contributed by atoms with Crippen molar-refractivity contribution in [3.8, 4) is 0 Å². The van der Waals surface area contributed by atoms with E-state index in [1.54, 1.807) is 0 Å². The van der Waals surface area contributed by atoms with E-state index in [9.17, 15) is 5.11 Å². The molecule has 1 rings (SSSR count). The normalized spacial score (nSPS) is 27.5. The zero-order valence-electron chi connectivity index (χ0n) is 12.2. The number of aliphatic hydroxyl groups is 1. The Kier molecular flexibility index (Phi) is 6.11. The van der Waals surface area contributed by atoms with E-state index in [4.69, 9.17) is 9.16 Å². The number of rotatable bonds is 5. The van der Waals surface area contributed by atoms with E-state index in [0.29, 0.717) is 12.7 Å². The second kappa shape index (κ2) is 6.52. The van der Waals surface area contributed by atoms with E-state index in [1.165, 1.54) is 0 Å². The Morgan fingerprint density at radius 1 is 1.39 bits per heavy atom. The minimum Gasteiger partial charge on any atom is -0.414 e. The minimum atomic E-state index is -1.76. The third-order valence-corrected chi connectivity index (χ3v) is 9.65. The molecule has 0 radical (unpaired) electrons. The summed E-state index contributed by atoms with van der Waals surface area (Å²) in [7, 11) is -1.76. The molecule has 108 valence electrons. The molecule has 1 N–H and O–H groups in total. The van der Waals surface area contributed by atoms with E-state index < -0.39 is 14.4 Å². The van der Waals surface area contributed by atoms with Crippen LogP contribution < -0.4 is 0 Å². The summed E-state index contributed by atoms with van der Waals surface area (Å²) in [4.78, 5) is 0. The molecule has 0 aromatic carbocycles. The van der Waals surface area contributed by atoms with Gasteiger partial charge in [-0.15, -0.1) is 0 Å². The van der Waals surface area contributed by atoms with Gasteiger partial charge in [0.25, 0.3) is 0 Å². The smallest absolute Gasteiger partial charge is 0.192 e. The molecule has 18 heavy (non-hydrogen) atoms. The van der Waals surface area contributed by atoms with Gasteiger partial charge in [-0.1, -0.05) is 43.4 Å². The Bertz CT molecular complexity index is 265. The summed E-state index contributed by atoms with van der Waals surface area (Å²) in [5, 5.41) is 10.3. The molecule has 0 amide bonds. The highest BCUT2D eigenvalue weighted by atomic mass is 127. The first-order valence-electron chi connectivity index (χ1n) is 6.71. The largest absolute Gasteiger partial charge is 0.414 e. The van der Waals surface area contributed by atoms with Gasteiger partial charge in [0.1, 0.15) is 6.10 Å². The third kappa shape index (κ3) is 4.44. The number of ether oxygens (including phenoxy) is 1. The topological polar surface area (TPSA) is 38.7 Å². The number of halogens is 1. The molecule has 3 atom stereocenters. The minimum absolute atomic E-state index is 0.0328. The van der Waals surface area contributed by atoms with Crippen molar-refractivity contribution in [1.82, 2.24) is 0 Å². The summed E-state index contributed by atoms with van der Waals surface area (Å²) in [5.74, 6) is 0. The Balaban J connectivity index is 2.40. The van der Waals surface area contributed by atoms with Gasteiger partial charge < -0.3 is 14.3 Å². The van der Waals surface area contributed by atoms with Crippen LogP contribution in [-0.2, 0) is 9.16 Å². The van der Waals surface area contributed by atoms with Gasteiger partial charge in [0.2, 0.25) is 0 Å². The first-order valence-corrected chi connectivity index (χ1v) is 11.1. The Morgan fingerprint density at radius 2 is 2.00 bits per heavy atom. The highest BCUT2D eigenvalue weighted by Gasteiger charge is 2.39. The summed E-state index contributed by atoms with van der Waals surface area (Å²) in [5.41, 5.74) is 0. The Hall–Kier alpha value is 0.827. The van der Waals surface area contributed by atoms with Gasteiger partial charge >= 0.3 is 0 Å². The van der Waals surface area contributed by atoms with E-state index in [1.807, 2.05) is 0 Å². The standard InChI is InChI=1S/C13H27IO3Si/c1-13(2,3)18(4,5)16-9-11(15)12-7-6-10(8-14)17-12/h10-12,15H,6-9H2,1-5H3/t10-,11+,12-/m0/s1. The molecule has 1 saturated heterocycles. The highest BCUT2D eigenvalue weighted by molar-refractivity contribution is 14.1. The average Bonchev–Trinajstić information content (AvgIpc) is 2.73. The van der Waals surface area contributed by atoms with Crippen LogP contribution in [0.3, 0.4) is 0 Å². The molecule has 1 aliphatic rings. The Labute approximate surface area is 126 Å². The lowest BCUT2D eigenvalue weighted by atomic mass is 10.1. The number of hydrogen-bond acceptors (Lipinski definition) is 3. The molecular formula is C13H27IO3Si. The van der Waals surface area contributed by atoms with Crippen LogP contribution in [-0.4, -0.2) is 42.8 Å². The molecule has 5 heteroatoms. The molecule has 0 bridgehead atoms. The molecular weight excluding hydrogens is 359 g/mol. The summed E-state index contributed by atoms with van der Waals surface area (Å²) < 4.78 is 12.8. The van der Waals surface area contributed by atoms with Crippen LogP contribution in [0.15, 0.2) is 0 Å². The molecule has 0 saturated carbocycles. The lowest BCUT2D eigenvalue weighted by Crippen LogP contribution is -2.44. The summed E-state index contributed by atoms with van der Waals surface area (Å²) in [6.45, 7) is 11.5. The number of hydrogen-bond donors (Lipinski definition) is 1. The van der Waals surface area contributed by atoms with Gasteiger partial charge in [-0.25, -0.2) is 0 Å². The van der Waals surface area contributed by atoms with E-state index in [2.05, 4.69) is 56.5 Å². The van der Waals surface area contributed by atoms with Gasteiger partial charge in [0.15, 0.2) is 8.32 Å². The van der Waals surface area contributed by atoms with Gasteiger partial charge in [-0.05, 0) is 31.0 Å². The van der Waals surface area contributed by atoms with Crippen LogP contribution >= 0.6 is 22.6 Å². The molecule has 0 aromatic heterocycles. The molecule has 1 aliphatic heterocycles. The number of aliphatic hydroxyl groups excluding tert-OH is 1.